The second kappa shape index (κ2) is 10.1. The van der Waals surface area contributed by atoms with Crippen LogP contribution in [0.5, 0.6) is 0 Å². The Bertz CT molecular complexity index is 1170. The van der Waals surface area contributed by atoms with Gasteiger partial charge in [-0.25, -0.2) is 4.39 Å². The number of hydrogen-bond donors (Lipinski definition) is 0. The van der Waals surface area contributed by atoms with Gasteiger partial charge in [0.1, 0.15) is 5.82 Å². The van der Waals surface area contributed by atoms with Crippen LogP contribution in [0.3, 0.4) is 0 Å². The zero-order chi connectivity index (χ0) is 22.5. The predicted octanol–water partition coefficient (Wildman–Crippen LogP) is 8.86. The van der Waals surface area contributed by atoms with Crippen molar-refractivity contribution in [2.45, 2.75) is 39.5 Å². The average Bonchev–Trinajstić information content (AvgIpc) is 2.82. The smallest absolute Gasteiger partial charge is 0.149 e. The average molecular weight is 443 g/mol. The van der Waals surface area contributed by atoms with Gasteiger partial charge in [-0.3, -0.25) is 0 Å². The van der Waals surface area contributed by atoms with Crippen molar-refractivity contribution in [2.75, 3.05) is 0 Å². The third kappa shape index (κ3) is 5.11. The summed E-state index contributed by atoms with van der Waals surface area (Å²) in [6, 6.07) is 29.4. The van der Waals surface area contributed by atoms with E-state index in [1.807, 2.05) is 24.3 Å². The molecular formula is C30H28ClF. The van der Waals surface area contributed by atoms with Crippen LogP contribution in [0.1, 0.15) is 35.6 Å². The SMILES string of the molecule is CCCc1ccc(-c2ccc(CCc3ccc(-c4ccc(C)cc4)cc3)cc2)c(F)c1Cl. The Morgan fingerprint density at radius 3 is 1.66 bits per heavy atom. The van der Waals surface area contributed by atoms with Crippen molar-refractivity contribution in [3.05, 3.63) is 118 Å². The number of aryl methyl sites for hydroxylation is 4. The van der Waals surface area contributed by atoms with Crippen molar-refractivity contribution in [1.29, 1.82) is 0 Å². The standard InChI is InChI=1S/C30H28ClF/c1-3-4-27-19-20-28(30(32)29(27)31)26-17-11-23(12-18-26)8-7-22-9-15-25(16-10-22)24-13-5-21(2)6-14-24/h5-6,9-20H,3-4,7-8H2,1-2H3. The van der Waals surface area contributed by atoms with Gasteiger partial charge in [-0.2, -0.15) is 0 Å². The van der Waals surface area contributed by atoms with E-state index in [1.54, 1.807) is 0 Å². The van der Waals surface area contributed by atoms with Gasteiger partial charge >= 0.3 is 0 Å². The Kier molecular flexibility index (Phi) is 7.07. The largest absolute Gasteiger partial charge is 0.205 e. The zero-order valence-electron chi connectivity index (χ0n) is 18.7. The molecule has 0 atom stereocenters. The van der Waals surface area contributed by atoms with E-state index in [4.69, 9.17) is 11.6 Å². The van der Waals surface area contributed by atoms with Gasteiger partial charge in [-0.1, -0.05) is 115 Å². The normalized spacial score (nSPS) is 11.0. The minimum atomic E-state index is -0.320. The van der Waals surface area contributed by atoms with E-state index in [1.165, 1.54) is 27.8 Å². The number of benzene rings is 4. The van der Waals surface area contributed by atoms with Gasteiger partial charge in [0.25, 0.3) is 0 Å². The predicted molar refractivity (Wildman–Crippen MR) is 135 cm³/mol. The molecule has 4 aromatic rings. The van der Waals surface area contributed by atoms with Crippen molar-refractivity contribution in [2.24, 2.45) is 0 Å². The Morgan fingerprint density at radius 1 is 0.625 bits per heavy atom. The lowest BCUT2D eigenvalue weighted by Crippen LogP contribution is -1.94. The molecule has 0 spiro atoms. The summed E-state index contributed by atoms with van der Waals surface area (Å²) < 4.78 is 14.8. The molecule has 0 unspecified atom stereocenters. The van der Waals surface area contributed by atoms with E-state index < -0.39 is 0 Å². The van der Waals surface area contributed by atoms with E-state index in [0.717, 1.165) is 36.8 Å². The number of halogens is 2. The van der Waals surface area contributed by atoms with Gasteiger partial charge in [-0.15, -0.1) is 0 Å². The van der Waals surface area contributed by atoms with Crippen LogP contribution in [0.2, 0.25) is 5.02 Å². The maximum absolute atomic E-state index is 14.8. The highest BCUT2D eigenvalue weighted by molar-refractivity contribution is 6.31. The first-order chi connectivity index (χ1) is 15.5. The summed E-state index contributed by atoms with van der Waals surface area (Å²) in [6.45, 7) is 4.17. The molecule has 4 rings (SSSR count). The summed E-state index contributed by atoms with van der Waals surface area (Å²) in [5.74, 6) is -0.320. The summed E-state index contributed by atoms with van der Waals surface area (Å²) in [7, 11) is 0. The molecule has 0 bridgehead atoms. The zero-order valence-corrected chi connectivity index (χ0v) is 19.4. The minimum absolute atomic E-state index is 0.252. The number of rotatable bonds is 7. The highest BCUT2D eigenvalue weighted by atomic mass is 35.5. The fraction of sp³-hybridized carbons (Fsp3) is 0.200. The molecule has 0 heterocycles. The lowest BCUT2D eigenvalue weighted by Gasteiger charge is -2.10. The lowest BCUT2D eigenvalue weighted by atomic mass is 9.97. The second-order valence-electron chi connectivity index (χ2n) is 8.41. The van der Waals surface area contributed by atoms with Crippen LogP contribution in [0, 0.1) is 12.7 Å². The maximum Gasteiger partial charge on any atom is 0.149 e. The molecular weight excluding hydrogens is 415 g/mol. The first kappa shape index (κ1) is 22.3. The third-order valence-corrected chi connectivity index (χ3v) is 6.40. The molecule has 0 fully saturated rings. The first-order valence-corrected chi connectivity index (χ1v) is 11.6. The van der Waals surface area contributed by atoms with Crippen LogP contribution in [0.4, 0.5) is 4.39 Å². The van der Waals surface area contributed by atoms with Gasteiger partial charge < -0.3 is 0 Å². The quantitative estimate of drug-likeness (QED) is 0.268. The molecule has 0 aromatic heterocycles. The molecule has 0 N–H and O–H groups in total. The van der Waals surface area contributed by atoms with Crippen LogP contribution in [0.25, 0.3) is 22.3 Å². The van der Waals surface area contributed by atoms with Crippen LogP contribution in [-0.2, 0) is 19.3 Å². The maximum atomic E-state index is 14.8. The van der Waals surface area contributed by atoms with E-state index in [-0.39, 0.29) is 10.8 Å². The Balaban J connectivity index is 1.41. The van der Waals surface area contributed by atoms with Gasteiger partial charge in [0.15, 0.2) is 0 Å². The summed E-state index contributed by atoms with van der Waals surface area (Å²) in [4.78, 5) is 0. The molecule has 32 heavy (non-hydrogen) atoms. The summed E-state index contributed by atoms with van der Waals surface area (Å²) >= 11 is 6.26. The lowest BCUT2D eigenvalue weighted by molar-refractivity contribution is 0.629. The Morgan fingerprint density at radius 2 is 1.12 bits per heavy atom. The molecule has 0 amide bonds. The molecule has 0 aliphatic carbocycles. The second-order valence-corrected chi connectivity index (χ2v) is 8.79. The van der Waals surface area contributed by atoms with Gasteiger partial charge in [-0.05, 0) is 59.6 Å². The first-order valence-electron chi connectivity index (χ1n) is 11.3. The molecule has 0 saturated carbocycles. The Labute approximate surface area is 195 Å². The van der Waals surface area contributed by atoms with Crippen LogP contribution in [-0.4, -0.2) is 0 Å². The highest BCUT2D eigenvalue weighted by Crippen LogP contribution is 2.31. The number of hydrogen-bond acceptors (Lipinski definition) is 0. The van der Waals surface area contributed by atoms with Crippen molar-refractivity contribution in [3.63, 3.8) is 0 Å². The van der Waals surface area contributed by atoms with E-state index in [9.17, 15) is 4.39 Å². The molecule has 162 valence electrons. The molecule has 0 saturated heterocycles. The van der Waals surface area contributed by atoms with Crippen molar-refractivity contribution in [1.82, 2.24) is 0 Å². The molecule has 0 aliphatic rings. The van der Waals surface area contributed by atoms with Crippen LogP contribution < -0.4 is 0 Å². The summed E-state index contributed by atoms with van der Waals surface area (Å²) in [5, 5.41) is 0.252. The molecule has 0 aliphatic heterocycles. The van der Waals surface area contributed by atoms with E-state index in [2.05, 4.69) is 74.5 Å². The van der Waals surface area contributed by atoms with Gasteiger partial charge in [0.05, 0.1) is 5.02 Å². The van der Waals surface area contributed by atoms with Crippen molar-refractivity contribution < 1.29 is 4.39 Å². The van der Waals surface area contributed by atoms with E-state index >= 15 is 0 Å². The molecule has 0 radical (unpaired) electrons. The Hall–Kier alpha value is -2.90. The summed E-state index contributed by atoms with van der Waals surface area (Å²) in [6.07, 6.45) is 3.66. The third-order valence-electron chi connectivity index (χ3n) is 5.99. The minimum Gasteiger partial charge on any atom is -0.205 e. The van der Waals surface area contributed by atoms with Gasteiger partial charge in [0.2, 0.25) is 0 Å². The van der Waals surface area contributed by atoms with E-state index in [0.29, 0.717) is 5.56 Å². The molecule has 2 heteroatoms. The topological polar surface area (TPSA) is 0 Å². The fourth-order valence-electron chi connectivity index (χ4n) is 4.02. The van der Waals surface area contributed by atoms with Gasteiger partial charge in [0, 0.05) is 5.56 Å². The summed E-state index contributed by atoms with van der Waals surface area (Å²) in [5.41, 5.74) is 8.61. The van der Waals surface area contributed by atoms with Crippen LogP contribution in [0.15, 0.2) is 84.9 Å². The van der Waals surface area contributed by atoms with Crippen molar-refractivity contribution >= 4 is 11.6 Å². The monoisotopic (exact) mass is 442 g/mol. The van der Waals surface area contributed by atoms with Crippen molar-refractivity contribution in [3.8, 4) is 22.3 Å². The molecule has 4 aromatic carbocycles. The van der Waals surface area contributed by atoms with Crippen LogP contribution >= 0.6 is 11.6 Å². The fourth-order valence-corrected chi connectivity index (χ4v) is 4.28. The molecule has 0 nitrogen and oxygen atoms in total. The highest BCUT2D eigenvalue weighted by Gasteiger charge is 2.12.